The Bertz CT molecular complexity index is 588. The second-order valence-electron chi connectivity index (χ2n) is 3.98. The van der Waals surface area contributed by atoms with Crippen molar-refractivity contribution < 1.29 is 14.2 Å². The lowest BCUT2D eigenvalue weighted by Crippen LogP contribution is -1.98. The fourth-order valence-electron chi connectivity index (χ4n) is 1.60. The van der Waals surface area contributed by atoms with E-state index in [0.717, 1.165) is 5.56 Å². The van der Waals surface area contributed by atoms with Crippen LogP contribution >= 0.6 is 23.2 Å². The molecule has 0 radical (unpaired) electrons. The molecule has 0 heterocycles. The molecular formula is C14H11Cl2FO2. The first kappa shape index (κ1) is 14.1. The highest BCUT2D eigenvalue weighted by atomic mass is 35.5. The molecule has 0 atom stereocenters. The van der Waals surface area contributed by atoms with Crippen LogP contribution in [0.5, 0.6) is 5.75 Å². The lowest BCUT2D eigenvalue weighted by Gasteiger charge is -2.09. The molecule has 0 amide bonds. The Labute approximate surface area is 120 Å². The Morgan fingerprint density at radius 3 is 2.58 bits per heavy atom. The molecule has 0 saturated carbocycles. The van der Waals surface area contributed by atoms with E-state index in [9.17, 15) is 4.39 Å². The minimum absolute atomic E-state index is 0.199. The number of benzene rings is 2. The molecule has 19 heavy (non-hydrogen) atoms. The number of hydrogen-bond acceptors (Lipinski definition) is 2. The second-order valence-corrected chi connectivity index (χ2v) is 4.82. The molecule has 100 valence electrons. The van der Waals surface area contributed by atoms with Gasteiger partial charge in [-0.25, -0.2) is 4.39 Å². The number of ether oxygens (including phenoxy) is 1. The summed E-state index contributed by atoms with van der Waals surface area (Å²) in [6.45, 7) is -0.0415. The zero-order valence-corrected chi connectivity index (χ0v) is 11.4. The number of rotatable bonds is 4. The first-order valence-electron chi connectivity index (χ1n) is 5.55. The number of halogens is 3. The largest absolute Gasteiger partial charge is 0.489 e. The molecule has 0 spiro atoms. The van der Waals surface area contributed by atoms with Crippen molar-refractivity contribution in [2.75, 3.05) is 0 Å². The van der Waals surface area contributed by atoms with Gasteiger partial charge in [0.25, 0.3) is 0 Å². The van der Waals surface area contributed by atoms with Gasteiger partial charge in [0.2, 0.25) is 0 Å². The smallest absolute Gasteiger partial charge is 0.127 e. The summed E-state index contributed by atoms with van der Waals surface area (Å²) in [5.74, 6) is -0.112. The molecule has 0 aliphatic carbocycles. The molecule has 2 aromatic carbocycles. The summed E-state index contributed by atoms with van der Waals surface area (Å²) >= 11 is 11.8. The summed E-state index contributed by atoms with van der Waals surface area (Å²) in [5.41, 5.74) is 1.21. The van der Waals surface area contributed by atoms with Gasteiger partial charge in [-0.1, -0.05) is 29.3 Å². The van der Waals surface area contributed by atoms with Crippen LogP contribution in [-0.4, -0.2) is 5.11 Å². The third-order valence-corrected chi connectivity index (χ3v) is 3.11. The predicted octanol–water partition coefficient (Wildman–Crippen LogP) is 4.20. The van der Waals surface area contributed by atoms with E-state index in [2.05, 4.69) is 0 Å². The monoisotopic (exact) mass is 300 g/mol. The molecule has 0 saturated heterocycles. The fraction of sp³-hybridized carbons (Fsp3) is 0.143. The van der Waals surface area contributed by atoms with Crippen LogP contribution in [0, 0.1) is 5.82 Å². The minimum Gasteiger partial charge on any atom is -0.489 e. The normalized spacial score (nSPS) is 10.5. The van der Waals surface area contributed by atoms with Crippen molar-refractivity contribution in [1.29, 1.82) is 0 Å². The summed E-state index contributed by atoms with van der Waals surface area (Å²) in [7, 11) is 0. The van der Waals surface area contributed by atoms with Gasteiger partial charge in [0.05, 0.1) is 6.61 Å². The average Bonchev–Trinajstić information content (AvgIpc) is 2.37. The zero-order chi connectivity index (χ0) is 13.8. The van der Waals surface area contributed by atoms with Gasteiger partial charge in [0, 0.05) is 21.7 Å². The van der Waals surface area contributed by atoms with Gasteiger partial charge in [-0.05, 0) is 29.8 Å². The number of aliphatic hydroxyl groups is 1. The van der Waals surface area contributed by atoms with Crippen LogP contribution in [-0.2, 0) is 13.2 Å². The van der Waals surface area contributed by atoms with Gasteiger partial charge >= 0.3 is 0 Å². The van der Waals surface area contributed by atoms with Crippen molar-refractivity contribution in [2.24, 2.45) is 0 Å². The van der Waals surface area contributed by atoms with E-state index in [0.29, 0.717) is 21.4 Å². The lowest BCUT2D eigenvalue weighted by molar-refractivity contribution is 0.276. The fourth-order valence-corrected chi connectivity index (χ4v) is 2.06. The molecular weight excluding hydrogens is 290 g/mol. The lowest BCUT2D eigenvalue weighted by atomic mass is 10.2. The molecule has 5 heteroatoms. The highest BCUT2D eigenvalue weighted by Gasteiger charge is 2.05. The van der Waals surface area contributed by atoms with E-state index in [1.807, 2.05) is 0 Å². The number of aliphatic hydroxyl groups excluding tert-OH is 1. The van der Waals surface area contributed by atoms with Crippen molar-refractivity contribution in [3.63, 3.8) is 0 Å². The Balaban J connectivity index is 2.12. The molecule has 0 bridgehead atoms. The minimum atomic E-state index is -0.455. The van der Waals surface area contributed by atoms with E-state index in [-0.39, 0.29) is 13.2 Å². The predicted molar refractivity (Wildman–Crippen MR) is 73.1 cm³/mol. The van der Waals surface area contributed by atoms with Gasteiger partial charge in [-0.3, -0.25) is 0 Å². The van der Waals surface area contributed by atoms with Crippen LogP contribution < -0.4 is 4.74 Å². The van der Waals surface area contributed by atoms with Gasteiger partial charge in [0.1, 0.15) is 18.2 Å². The van der Waals surface area contributed by atoms with Gasteiger partial charge in [-0.15, -0.1) is 0 Å². The van der Waals surface area contributed by atoms with Gasteiger partial charge in [-0.2, -0.15) is 0 Å². The van der Waals surface area contributed by atoms with Gasteiger partial charge < -0.3 is 9.84 Å². The zero-order valence-electron chi connectivity index (χ0n) is 9.87. The molecule has 2 rings (SSSR count). The highest BCUT2D eigenvalue weighted by Crippen LogP contribution is 2.23. The molecule has 2 nitrogen and oxygen atoms in total. The SMILES string of the molecule is OCc1cc(F)cc(OCc2ccc(Cl)cc2Cl)c1. The molecule has 0 aromatic heterocycles. The Morgan fingerprint density at radius 1 is 1.11 bits per heavy atom. The van der Waals surface area contributed by atoms with Gasteiger partial charge in [0.15, 0.2) is 0 Å². The quantitative estimate of drug-likeness (QED) is 0.917. The van der Waals surface area contributed by atoms with Crippen LogP contribution in [0.25, 0.3) is 0 Å². The molecule has 2 aromatic rings. The maximum Gasteiger partial charge on any atom is 0.127 e. The van der Waals surface area contributed by atoms with E-state index in [1.54, 1.807) is 24.3 Å². The number of hydrogen-bond donors (Lipinski definition) is 1. The van der Waals surface area contributed by atoms with Crippen LogP contribution in [0.2, 0.25) is 10.0 Å². The third kappa shape index (κ3) is 3.83. The van der Waals surface area contributed by atoms with Crippen LogP contribution in [0.1, 0.15) is 11.1 Å². The maximum atomic E-state index is 13.2. The molecule has 1 N–H and O–H groups in total. The molecule has 0 aliphatic rings. The third-order valence-electron chi connectivity index (χ3n) is 2.52. The van der Waals surface area contributed by atoms with Crippen molar-refractivity contribution in [2.45, 2.75) is 13.2 Å². The second kappa shape index (κ2) is 6.24. The van der Waals surface area contributed by atoms with Crippen molar-refractivity contribution >= 4 is 23.2 Å². The summed E-state index contributed by atoms with van der Waals surface area (Å²) in [6.07, 6.45) is 0. The van der Waals surface area contributed by atoms with E-state index < -0.39 is 5.82 Å². The maximum absolute atomic E-state index is 13.2. The van der Waals surface area contributed by atoms with Crippen LogP contribution in [0.15, 0.2) is 36.4 Å². The molecule has 0 fully saturated rings. The summed E-state index contributed by atoms with van der Waals surface area (Å²) < 4.78 is 18.7. The van der Waals surface area contributed by atoms with Crippen LogP contribution in [0.4, 0.5) is 4.39 Å². The first-order chi connectivity index (χ1) is 9.08. The first-order valence-corrected chi connectivity index (χ1v) is 6.31. The Hall–Kier alpha value is -1.29. The summed E-state index contributed by atoms with van der Waals surface area (Å²) in [6, 6.07) is 9.15. The Morgan fingerprint density at radius 2 is 1.89 bits per heavy atom. The molecule has 0 aliphatic heterocycles. The topological polar surface area (TPSA) is 29.5 Å². The van der Waals surface area contributed by atoms with Crippen LogP contribution in [0.3, 0.4) is 0 Å². The highest BCUT2D eigenvalue weighted by molar-refractivity contribution is 6.35. The van der Waals surface area contributed by atoms with E-state index in [1.165, 1.54) is 12.1 Å². The Kier molecular flexibility index (Phi) is 4.64. The molecule has 0 unspecified atom stereocenters. The van der Waals surface area contributed by atoms with E-state index in [4.69, 9.17) is 33.0 Å². The van der Waals surface area contributed by atoms with Crippen molar-refractivity contribution in [3.05, 3.63) is 63.4 Å². The summed E-state index contributed by atoms with van der Waals surface area (Å²) in [5, 5.41) is 10.0. The van der Waals surface area contributed by atoms with Crippen molar-refractivity contribution in [3.8, 4) is 5.75 Å². The standard InChI is InChI=1S/C14H11Cl2FO2/c15-11-2-1-10(14(16)5-11)8-19-13-4-9(7-18)3-12(17)6-13/h1-6,18H,7-8H2. The van der Waals surface area contributed by atoms with Crippen molar-refractivity contribution in [1.82, 2.24) is 0 Å². The average molecular weight is 301 g/mol. The van der Waals surface area contributed by atoms with E-state index >= 15 is 0 Å². The summed E-state index contributed by atoms with van der Waals surface area (Å²) in [4.78, 5) is 0.